The molecule has 26 heavy (non-hydrogen) atoms. The molecule has 0 saturated carbocycles. The van der Waals surface area contributed by atoms with E-state index in [1.54, 1.807) is 19.2 Å². The zero-order chi connectivity index (χ0) is 18.9. The van der Waals surface area contributed by atoms with Gasteiger partial charge in [-0.05, 0) is 29.3 Å². The SMILES string of the molecule is COC(=O)/C(=C/c1cc(OCc2ccccc2)c(OC)cc1Br)N=NN. The van der Waals surface area contributed by atoms with Crippen LogP contribution in [-0.2, 0) is 16.1 Å². The van der Waals surface area contributed by atoms with Gasteiger partial charge in [-0.1, -0.05) is 51.5 Å². The predicted octanol–water partition coefficient (Wildman–Crippen LogP) is 3.88. The minimum absolute atomic E-state index is 0.0464. The highest BCUT2D eigenvalue weighted by molar-refractivity contribution is 9.10. The van der Waals surface area contributed by atoms with Gasteiger partial charge in [0, 0.05) is 4.47 Å². The Morgan fingerprint density at radius 1 is 1.19 bits per heavy atom. The number of hydrogen-bond acceptors (Lipinski definition) is 6. The van der Waals surface area contributed by atoms with Gasteiger partial charge >= 0.3 is 5.97 Å². The summed E-state index contributed by atoms with van der Waals surface area (Å²) in [5.74, 6) is 5.46. The Morgan fingerprint density at radius 3 is 2.54 bits per heavy atom. The normalized spacial score (nSPS) is 11.4. The fourth-order valence-electron chi connectivity index (χ4n) is 2.11. The summed E-state index contributed by atoms with van der Waals surface area (Å²) in [5.41, 5.74) is 1.60. The number of ether oxygens (including phenoxy) is 3. The summed E-state index contributed by atoms with van der Waals surface area (Å²) >= 11 is 3.43. The Balaban J connectivity index is 2.37. The van der Waals surface area contributed by atoms with Crippen molar-refractivity contribution in [3.63, 3.8) is 0 Å². The van der Waals surface area contributed by atoms with Crippen LogP contribution in [0.5, 0.6) is 11.5 Å². The van der Waals surface area contributed by atoms with Crippen LogP contribution < -0.4 is 15.3 Å². The highest BCUT2D eigenvalue weighted by atomic mass is 79.9. The van der Waals surface area contributed by atoms with E-state index in [-0.39, 0.29) is 5.70 Å². The molecule has 0 aliphatic carbocycles. The molecule has 0 unspecified atom stereocenters. The van der Waals surface area contributed by atoms with Gasteiger partial charge in [-0.25, -0.2) is 4.79 Å². The van der Waals surface area contributed by atoms with Crippen LogP contribution in [0.25, 0.3) is 6.08 Å². The van der Waals surface area contributed by atoms with Gasteiger partial charge in [0.15, 0.2) is 17.2 Å². The first kappa shape index (κ1) is 19.5. The predicted molar refractivity (Wildman–Crippen MR) is 101 cm³/mol. The number of carbonyl (C=O) groups excluding carboxylic acids is 1. The van der Waals surface area contributed by atoms with Crippen LogP contribution in [0, 0.1) is 0 Å². The van der Waals surface area contributed by atoms with E-state index >= 15 is 0 Å². The van der Waals surface area contributed by atoms with Crippen LogP contribution >= 0.6 is 15.9 Å². The van der Waals surface area contributed by atoms with Gasteiger partial charge < -0.3 is 20.1 Å². The van der Waals surface area contributed by atoms with Crippen LogP contribution in [-0.4, -0.2) is 20.2 Å². The van der Waals surface area contributed by atoms with Crippen molar-refractivity contribution in [3.8, 4) is 11.5 Å². The molecule has 0 saturated heterocycles. The van der Waals surface area contributed by atoms with Crippen molar-refractivity contribution >= 4 is 28.0 Å². The fourth-order valence-corrected chi connectivity index (χ4v) is 2.55. The molecular formula is C18H18BrN3O4. The summed E-state index contributed by atoms with van der Waals surface area (Å²) in [6.45, 7) is 0.369. The molecule has 2 aromatic carbocycles. The molecule has 8 heteroatoms. The van der Waals surface area contributed by atoms with Crippen LogP contribution in [0.1, 0.15) is 11.1 Å². The summed E-state index contributed by atoms with van der Waals surface area (Å²) < 4.78 is 16.6. The summed E-state index contributed by atoms with van der Waals surface area (Å²) in [6, 6.07) is 13.2. The van der Waals surface area contributed by atoms with Crippen molar-refractivity contribution in [2.24, 2.45) is 16.2 Å². The summed E-state index contributed by atoms with van der Waals surface area (Å²) in [5, 5.41) is 6.74. The third-order valence-electron chi connectivity index (χ3n) is 3.37. The second kappa shape index (κ2) is 9.57. The standard InChI is InChI=1S/C18H18BrN3O4/c1-24-16-10-14(19)13(8-15(21-22-20)18(23)25-2)9-17(16)26-11-12-6-4-3-5-7-12/h3-10H,11H2,1-2H3,(H2,20,21)/b15-8-. The lowest BCUT2D eigenvalue weighted by Crippen LogP contribution is -2.03. The average Bonchev–Trinajstić information content (AvgIpc) is 2.67. The third kappa shape index (κ3) is 5.06. The number of carbonyl (C=O) groups is 1. The Kier molecular flexibility index (Phi) is 7.16. The zero-order valence-electron chi connectivity index (χ0n) is 14.3. The van der Waals surface area contributed by atoms with Gasteiger partial charge in [0.25, 0.3) is 0 Å². The lowest BCUT2D eigenvalue weighted by molar-refractivity contribution is -0.136. The van der Waals surface area contributed by atoms with Crippen LogP contribution in [0.15, 0.2) is 63.0 Å². The summed E-state index contributed by atoms with van der Waals surface area (Å²) in [7, 11) is 2.80. The van der Waals surface area contributed by atoms with E-state index in [4.69, 9.17) is 15.3 Å². The van der Waals surface area contributed by atoms with Gasteiger partial charge in [-0.3, -0.25) is 0 Å². The first-order valence-electron chi connectivity index (χ1n) is 7.54. The molecule has 2 rings (SSSR count). The monoisotopic (exact) mass is 419 g/mol. The van der Waals surface area contributed by atoms with Crippen molar-refractivity contribution in [2.75, 3.05) is 14.2 Å². The molecule has 0 aromatic heterocycles. The van der Waals surface area contributed by atoms with Gasteiger partial charge in [-0.15, -0.1) is 5.11 Å². The average molecular weight is 420 g/mol. The van der Waals surface area contributed by atoms with Gasteiger partial charge in [-0.2, -0.15) is 0 Å². The van der Waals surface area contributed by atoms with Gasteiger partial charge in [0.2, 0.25) is 0 Å². The highest BCUT2D eigenvalue weighted by Crippen LogP contribution is 2.35. The number of halogens is 1. The Hall–Kier alpha value is -2.87. The number of esters is 1. The lowest BCUT2D eigenvalue weighted by Gasteiger charge is -2.13. The summed E-state index contributed by atoms with van der Waals surface area (Å²) in [6.07, 6.45) is 1.49. The molecule has 0 bridgehead atoms. The second-order valence-corrected chi connectivity index (χ2v) is 5.89. The Bertz CT molecular complexity index is 823. The molecule has 136 valence electrons. The van der Waals surface area contributed by atoms with Crippen molar-refractivity contribution in [1.82, 2.24) is 0 Å². The third-order valence-corrected chi connectivity index (χ3v) is 4.06. The van der Waals surface area contributed by atoms with E-state index in [1.165, 1.54) is 13.2 Å². The maximum Gasteiger partial charge on any atom is 0.358 e. The van der Waals surface area contributed by atoms with Crippen LogP contribution in [0.2, 0.25) is 0 Å². The van der Waals surface area contributed by atoms with Crippen molar-refractivity contribution in [1.29, 1.82) is 0 Å². The highest BCUT2D eigenvalue weighted by Gasteiger charge is 2.14. The van der Waals surface area contributed by atoms with E-state index in [0.29, 0.717) is 28.1 Å². The summed E-state index contributed by atoms with van der Waals surface area (Å²) in [4.78, 5) is 11.8. The molecule has 0 fully saturated rings. The second-order valence-electron chi connectivity index (χ2n) is 5.04. The van der Waals surface area contributed by atoms with Gasteiger partial charge in [0.1, 0.15) is 6.61 Å². The van der Waals surface area contributed by atoms with E-state index in [9.17, 15) is 4.79 Å². The molecule has 2 aromatic rings. The number of nitrogens with two attached hydrogens (primary N) is 1. The molecule has 2 N–H and O–H groups in total. The molecule has 0 amide bonds. The van der Waals surface area contributed by atoms with Crippen molar-refractivity contribution in [2.45, 2.75) is 6.61 Å². The fraction of sp³-hybridized carbons (Fsp3) is 0.167. The van der Waals surface area contributed by atoms with E-state index in [2.05, 4.69) is 31.0 Å². The van der Waals surface area contributed by atoms with Crippen LogP contribution in [0.3, 0.4) is 0 Å². The minimum atomic E-state index is -0.659. The maximum absolute atomic E-state index is 11.8. The molecule has 0 radical (unpaired) electrons. The lowest BCUT2D eigenvalue weighted by atomic mass is 10.1. The largest absolute Gasteiger partial charge is 0.493 e. The number of hydrogen-bond donors (Lipinski definition) is 1. The van der Waals surface area contributed by atoms with E-state index < -0.39 is 5.97 Å². The molecule has 0 atom stereocenters. The van der Waals surface area contributed by atoms with Crippen molar-refractivity contribution in [3.05, 3.63) is 63.8 Å². The Morgan fingerprint density at radius 2 is 1.92 bits per heavy atom. The maximum atomic E-state index is 11.8. The molecule has 0 spiro atoms. The smallest absolute Gasteiger partial charge is 0.358 e. The molecule has 0 aliphatic heterocycles. The Labute approximate surface area is 159 Å². The van der Waals surface area contributed by atoms with Crippen LogP contribution in [0.4, 0.5) is 0 Å². The molecule has 0 aliphatic rings. The quantitative estimate of drug-likeness (QED) is 0.241. The molecule has 7 nitrogen and oxygen atoms in total. The number of benzene rings is 2. The van der Waals surface area contributed by atoms with Crippen molar-refractivity contribution < 1.29 is 19.0 Å². The number of nitrogens with zero attached hydrogens (tertiary/aromatic N) is 2. The van der Waals surface area contributed by atoms with E-state index in [0.717, 1.165) is 5.56 Å². The van der Waals surface area contributed by atoms with Gasteiger partial charge in [0.05, 0.1) is 14.2 Å². The number of rotatable bonds is 7. The zero-order valence-corrected chi connectivity index (χ0v) is 15.9. The number of methoxy groups -OCH3 is 2. The minimum Gasteiger partial charge on any atom is -0.493 e. The molecule has 0 heterocycles. The molecular weight excluding hydrogens is 402 g/mol. The topological polar surface area (TPSA) is 95.5 Å². The first-order chi connectivity index (χ1) is 12.6. The first-order valence-corrected chi connectivity index (χ1v) is 8.33. The van der Waals surface area contributed by atoms with E-state index in [1.807, 2.05) is 30.3 Å².